The van der Waals surface area contributed by atoms with Crippen LogP contribution in [-0.4, -0.2) is 11.0 Å². The van der Waals surface area contributed by atoms with Gasteiger partial charge in [-0.15, -0.1) is 0 Å². The maximum absolute atomic E-state index is 8.94. The van der Waals surface area contributed by atoms with Crippen molar-refractivity contribution in [2.75, 3.05) is 0 Å². The Balaban J connectivity index is 2.58. The number of rotatable bonds is 6. The highest BCUT2D eigenvalue weighted by molar-refractivity contribution is 5.30. The van der Waals surface area contributed by atoms with Crippen LogP contribution in [0.4, 0.5) is 0 Å². The van der Waals surface area contributed by atoms with Gasteiger partial charge in [0.2, 0.25) is 0 Å². The Bertz CT molecular complexity index is 377. The lowest BCUT2D eigenvalue weighted by molar-refractivity contribution is 0.353. The van der Waals surface area contributed by atoms with Crippen LogP contribution < -0.4 is 5.32 Å². The molecule has 1 unspecified atom stereocenters. The van der Waals surface area contributed by atoms with E-state index in [9.17, 15) is 0 Å². The summed E-state index contributed by atoms with van der Waals surface area (Å²) in [4.78, 5) is 4.06. The summed E-state index contributed by atoms with van der Waals surface area (Å²) in [5.41, 5.74) is 1.50. The summed E-state index contributed by atoms with van der Waals surface area (Å²) >= 11 is 0. The van der Waals surface area contributed by atoms with Crippen LogP contribution in [0, 0.1) is 17.2 Å². The van der Waals surface area contributed by atoms with Gasteiger partial charge >= 0.3 is 0 Å². The van der Waals surface area contributed by atoms with E-state index in [4.69, 9.17) is 5.26 Å². The van der Waals surface area contributed by atoms with E-state index < -0.39 is 0 Å². The molecule has 1 aromatic rings. The summed E-state index contributed by atoms with van der Waals surface area (Å²) in [5.74, 6) is 0.692. The Hall–Kier alpha value is -1.40. The van der Waals surface area contributed by atoms with Crippen molar-refractivity contribution in [1.29, 1.82) is 5.26 Å². The summed E-state index contributed by atoms with van der Waals surface area (Å²) < 4.78 is 0. The van der Waals surface area contributed by atoms with E-state index in [2.05, 4.69) is 37.1 Å². The van der Waals surface area contributed by atoms with E-state index in [1.807, 2.05) is 12.1 Å². The van der Waals surface area contributed by atoms with Crippen LogP contribution >= 0.6 is 0 Å². The number of hydrogen-bond acceptors (Lipinski definition) is 3. The molecule has 3 nitrogen and oxygen atoms in total. The zero-order valence-corrected chi connectivity index (χ0v) is 10.9. The molecule has 1 aromatic heterocycles. The molecule has 3 heteroatoms. The van der Waals surface area contributed by atoms with Crippen molar-refractivity contribution in [3.05, 3.63) is 29.6 Å². The molecule has 1 atom stereocenters. The van der Waals surface area contributed by atoms with Gasteiger partial charge in [-0.3, -0.25) is 0 Å². The molecule has 0 aromatic carbocycles. The molecule has 0 saturated carbocycles. The van der Waals surface area contributed by atoms with E-state index in [0.717, 1.165) is 5.56 Å². The second kappa shape index (κ2) is 7.03. The molecule has 0 aliphatic heterocycles. The molecule has 17 heavy (non-hydrogen) atoms. The van der Waals surface area contributed by atoms with Crippen molar-refractivity contribution < 1.29 is 0 Å². The molecule has 0 aliphatic carbocycles. The minimum absolute atomic E-state index is 0.469. The van der Waals surface area contributed by atoms with Crippen molar-refractivity contribution in [2.45, 2.75) is 46.2 Å². The smallest absolute Gasteiger partial charge is 0.144 e. The van der Waals surface area contributed by atoms with Gasteiger partial charge in [0.05, 0.1) is 0 Å². The first-order valence-electron chi connectivity index (χ1n) is 6.30. The van der Waals surface area contributed by atoms with Crippen LogP contribution in [0.5, 0.6) is 0 Å². The number of nitrogens with zero attached hydrogens (tertiary/aromatic N) is 2. The maximum Gasteiger partial charge on any atom is 0.144 e. The van der Waals surface area contributed by atoms with E-state index in [1.54, 1.807) is 6.20 Å². The van der Waals surface area contributed by atoms with Crippen molar-refractivity contribution in [3.63, 3.8) is 0 Å². The zero-order chi connectivity index (χ0) is 12.7. The fraction of sp³-hybridized carbons (Fsp3) is 0.571. The van der Waals surface area contributed by atoms with Gasteiger partial charge in [-0.05, 0) is 18.9 Å². The summed E-state index contributed by atoms with van der Waals surface area (Å²) in [7, 11) is 0. The van der Waals surface area contributed by atoms with Crippen molar-refractivity contribution in [3.8, 4) is 6.07 Å². The summed E-state index contributed by atoms with van der Waals surface area (Å²) in [6.45, 7) is 7.36. The molecule has 0 radical (unpaired) electrons. The lowest BCUT2D eigenvalue weighted by atomic mass is 9.95. The van der Waals surface area contributed by atoms with Gasteiger partial charge in [-0.2, -0.15) is 5.26 Å². The van der Waals surface area contributed by atoms with Crippen LogP contribution in [0.15, 0.2) is 18.3 Å². The first-order valence-corrected chi connectivity index (χ1v) is 6.30. The Kier molecular flexibility index (Phi) is 5.65. The minimum atomic E-state index is 0.469. The second-order valence-corrected chi connectivity index (χ2v) is 4.37. The van der Waals surface area contributed by atoms with E-state index >= 15 is 0 Å². The van der Waals surface area contributed by atoms with Gasteiger partial charge in [-0.1, -0.05) is 32.8 Å². The molecule has 0 aliphatic rings. The Morgan fingerprint density at radius 1 is 1.41 bits per heavy atom. The highest BCUT2D eigenvalue weighted by Crippen LogP contribution is 2.13. The molecule has 0 bridgehead atoms. The number of pyridine rings is 1. The highest BCUT2D eigenvalue weighted by Gasteiger charge is 2.13. The second-order valence-electron chi connectivity index (χ2n) is 4.37. The maximum atomic E-state index is 8.94. The summed E-state index contributed by atoms with van der Waals surface area (Å²) in [6.07, 6.45) is 4.03. The lowest BCUT2D eigenvalue weighted by Gasteiger charge is -2.22. The number of hydrogen-bond donors (Lipinski definition) is 1. The van der Waals surface area contributed by atoms with Gasteiger partial charge in [0, 0.05) is 24.3 Å². The molecular formula is C14H21N3. The first kappa shape index (κ1) is 13.7. The molecule has 92 valence electrons. The highest BCUT2D eigenvalue weighted by atomic mass is 14.9. The molecule has 1 heterocycles. The number of nitrogens with one attached hydrogen (secondary N) is 1. The van der Waals surface area contributed by atoms with Gasteiger partial charge in [0.1, 0.15) is 11.8 Å². The van der Waals surface area contributed by atoms with Crippen molar-refractivity contribution >= 4 is 0 Å². The lowest BCUT2D eigenvalue weighted by Crippen LogP contribution is -2.32. The van der Waals surface area contributed by atoms with Gasteiger partial charge in [-0.25, -0.2) is 4.98 Å². The molecule has 0 amide bonds. The molecule has 1 rings (SSSR count). The SMILES string of the molecule is CCC(CC)C(C)NCc1cccnc1C#N. The Morgan fingerprint density at radius 2 is 2.12 bits per heavy atom. The fourth-order valence-electron chi connectivity index (χ4n) is 2.12. The van der Waals surface area contributed by atoms with Crippen molar-refractivity contribution in [1.82, 2.24) is 10.3 Å². The van der Waals surface area contributed by atoms with Crippen LogP contribution in [0.25, 0.3) is 0 Å². The fourth-order valence-corrected chi connectivity index (χ4v) is 2.12. The first-order chi connectivity index (χ1) is 8.22. The number of nitriles is 1. The van der Waals surface area contributed by atoms with Gasteiger partial charge in [0.25, 0.3) is 0 Å². The largest absolute Gasteiger partial charge is 0.310 e. The average molecular weight is 231 g/mol. The van der Waals surface area contributed by atoms with Crippen molar-refractivity contribution in [2.24, 2.45) is 5.92 Å². The third-order valence-electron chi connectivity index (χ3n) is 3.37. The van der Waals surface area contributed by atoms with Crippen LogP contribution in [0.3, 0.4) is 0 Å². The average Bonchev–Trinajstić information content (AvgIpc) is 2.38. The zero-order valence-electron chi connectivity index (χ0n) is 10.9. The summed E-state index contributed by atoms with van der Waals surface area (Å²) in [6, 6.07) is 6.43. The minimum Gasteiger partial charge on any atom is -0.310 e. The topological polar surface area (TPSA) is 48.7 Å². The molecule has 0 fully saturated rings. The normalized spacial score (nSPS) is 12.4. The van der Waals surface area contributed by atoms with Gasteiger partial charge < -0.3 is 5.32 Å². The van der Waals surface area contributed by atoms with Crippen LogP contribution in [0.2, 0.25) is 0 Å². The Labute approximate surface area is 104 Å². The van der Waals surface area contributed by atoms with Crippen LogP contribution in [0.1, 0.15) is 44.9 Å². The quantitative estimate of drug-likeness (QED) is 0.819. The molecule has 1 N–H and O–H groups in total. The monoisotopic (exact) mass is 231 g/mol. The third-order valence-corrected chi connectivity index (χ3v) is 3.37. The van der Waals surface area contributed by atoms with E-state index in [0.29, 0.717) is 24.2 Å². The molecule has 0 saturated heterocycles. The third kappa shape index (κ3) is 3.83. The Morgan fingerprint density at radius 3 is 2.71 bits per heavy atom. The van der Waals surface area contributed by atoms with Gasteiger partial charge in [0.15, 0.2) is 0 Å². The van der Waals surface area contributed by atoms with E-state index in [-0.39, 0.29) is 0 Å². The standard InChI is InChI=1S/C14H21N3/c1-4-12(5-2)11(3)17-10-13-7-6-8-16-14(13)9-15/h6-8,11-12,17H,4-5,10H2,1-3H3. The van der Waals surface area contributed by atoms with Crippen LogP contribution in [-0.2, 0) is 6.54 Å². The summed E-state index contributed by atoms with van der Waals surface area (Å²) in [5, 5.41) is 12.4. The molecular weight excluding hydrogens is 210 g/mol. The molecule has 0 spiro atoms. The van der Waals surface area contributed by atoms with E-state index in [1.165, 1.54) is 12.8 Å². The predicted octanol–water partition coefficient (Wildman–Crippen LogP) is 2.87. The number of aromatic nitrogens is 1. The predicted molar refractivity (Wildman–Crippen MR) is 69.3 cm³/mol.